The van der Waals surface area contributed by atoms with Crippen LogP contribution >= 0.6 is 49.6 Å². The number of thiazole rings is 1. The number of hydrogen-bond donors (Lipinski definition) is 1. The monoisotopic (exact) mass is 519 g/mol. The highest BCUT2D eigenvalue weighted by Gasteiger charge is 2.32. The molecule has 0 saturated carbocycles. The quantitative estimate of drug-likeness (QED) is 0.585. The van der Waals surface area contributed by atoms with E-state index in [1.807, 2.05) is 6.07 Å². The first-order valence-electron chi connectivity index (χ1n) is 10.4. The molecule has 2 aliphatic heterocycles. The molecule has 0 spiro atoms. The molecule has 1 unspecified atom stereocenters. The van der Waals surface area contributed by atoms with Gasteiger partial charge in [-0.25, -0.2) is 9.98 Å². The molecule has 1 aromatic heterocycles. The van der Waals surface area contributed by atoms with Crippen LogP contribution in [-0.2, 0) is 4.74 Å². The summed E-state index contributed by atoms with van der Waals surface area (Å²) < 4.78 is 5.54. The molecule has 10 heteroatoms. The largest absolute Gasteiger partial charge is 0.382 e. The topological polar surface area (TPSA) is 53.0 Å². The number of likely N-dealkylation sites (N-methyl/N-ethyl adjacent to an activating group) is 1. The molecule has 0 radical (unpaired) electrons. The number of nitrogens with one attached hydrogen (secondary N) is 1. The van der Waals surface area contributed by atoms with Crippen LogP contribution < -0.4 is 5.32 Å². The van der Waals surface area contributed by atoms with E-state index in [9.17, 15) is 0 Å². The van der Waals surface area contributed by atoms with Crippen molar-refractivity contribution in [1.82, 2.24) is 14.8 Å². The number of aliphatic imine (C=N–C) groups is 1. The van der Waals surface area contributed by atoms with Crippen molar-refractivity contribution in [1.29, 1.82) is 0 Å². The van der Waals surface area contributed by atoms with Gasteiger partial charge in [-0.1, -0.05) is 26.0 Å². The maximum absolute atomic E-state index is 5.54. The number of rotatable bonds is 4. The van der Waals surface area contributed by atoms with Gasteiger partial charge in [-0.3, -0.25) is 4.90 Å². The summed E-state index contributed by atoms with van der Waals surface area (Å²) >= 11 is 1.74. The van der Waals surface area contributed by atoms with Gasteiger partial charge in [0.15, 0.2) is 5.84 Å². The van der Waals surface area contributed by atoms with E-state index in [1.54, 1.807) is 18.4 Å². The van der Waals surface area contributed by atoms with Gasteiger partial charge in [-0.2, -0.15) is 13.5 Å². The van der Waals surface area contributed by atoms with E-state index in [0.717, 1.165) is 59.0 Å². The molecular formula is C22H35Cl2N5OS2. The van der Waals surface area contributed by atoms with Crippen molar-refractivity contribution in [2.75, 3.05) is 39.1 Å². The van der Waals surface area contributed by atoms with Gasteiger partial charge in [0.25, 0.3) is 0 Å². The number of piperazine rings is 1. The van der Waals surface area contributed by atoms with Crippen molar-refractivity contribution in [3.8, 4) is 0 Å². The Morgan fingerprint density at radius 2 is 1.91 bits per heavy atom. The number of benzene rings is 1. The van der Waals surface area contributed by atoms with E-state index in [2.05, 4.69) is 61.1 Å². The smallest absolute Gasteiger partial charge is 0.158 e. The molecule has 180 valence electrons. The van der Waals surface area contributed by atoms with Crippen LogP contribution in [0.1, 0.15) is 43.8 Å². The van der Waals surface area contributed by atoms with E-state index in [4.69, 9.17) is 14.7 Å². The van der Waals surface area contributed by atoms with Crippen molar-refractivity contribution >= 4 is 71.9 Å². The van der Waals surface area contributed by atoms with Gasteiger partial charge < -0.3 is 15.0 Å². The van der Waals surface area contributed by atoms with Gasteiger partial charge in [0.05, 0.1) is 22.5 Å². The van der Waals surface area contributed by atoms with Crippen LogP contribution in [0, 0.1) is 0 Å². The molecular weight excluding hydrogens is 485 g/mol. The van der Waals surface area contributed by atoms with Gasteiger partial charge >= 0.3 is 0 Å². The highest BCUT2D eigenvalue weighted by atomic mass is 35.5. The minimum Gasteiger partial charge on any atom is -0.382 e. The Hall–Kier alpha value is -1.03. The lowest BCUT2D eigenvalue weighted by Gasteiger charge is -2.41. The Morgan fingerprint density at radius 1 is 1.19 bits per heavy atom. The van der Waals surface area contributed by atoms with Gasteiger partial charge in [0, 0.05) is 38.7 Å². The van der Waals surface area contributed by atoms with Crippen LogP contribution in [0.3, 0.4) is 0 Å². The predicted octanol–water partition coefficient (Wildman–Crippen LogP) is 5.40. The summed E-state index contributed by atoms with van der Waals surface area (Å²) in [7, 11) is 4.00. The molecule has 1 fully saturated rings. The first-order valence-corrected chi connectivity index (χ1v) is 11.2. The second kappa shape index (κ2) is 12.4. The number of methoxy groups -OCH3 is 1. The summed E-state index contributed by atoms with van der Waals surface area (Å²) in [6.45, 7) is 9.42. The number of fused-ring (bicyclic) bond motifs is 2. The van der Waals surface area contributed by atoms with Crippen molar-refractivity contribution in [2.24, 2.45) is 4.99 Å². The van der Waals surface area contributed by atoms with Crippen LogP contribution in [0.15, 0.2) is 29.3 Å². The summed E-state index contributed by atoms with van der Waals surface area (Å²) in [6, 6.07) is 8.69. The fourth-order valence-electron chi connectivity index (χ4n) is 3.88. The number of para-hydroxylation sites is 2. The molecule has 1 N–H and O–H groups in total. The molecule has 0 bridgehead atoms. The third-order valence-electron chi connectivity index (χ3n) is 5.81. The third-order valence-corrected chi connectivity index (χ3v) is 7.08. The molecule has 1 aromatic carbocycles. The Kier molecular flexibility index (Phi) is 11.3. The first-order chi connectivity index (χ1) is 14.0. The zero-order valence-electron chi connectivity index (χ0n) is 19.3. The molecule has 0 amide bonds. The average Bonchev–Trinajstić information content (AvgIpc) is 3.06. The average molecular weight is 521 g/mol. The van der Waals surface area contributed by atoms with Crippen LogP contribution in [0.25, 0.3) is 0 Å². The number of ether oxygens (including phenoxy) is 1. The van der Waals surface area contributed by atoms with E-state index in [-0.39, 0.29) is 44.4 Å². The second-order valence-electron chi connectivity index (χ2n) is 8.32. The maximum Gasteiger partial charge on any atom is 0.158 e. The zero-order chi connectivity index (χ0) is 20.5. The lowest BCUT2D eigenvalue weighted by atomic mass is 10.1. The molecule has 0 aliphatic carbocycles. The van der Waals surface area contributed by atoms with Crippen molar-refractivity contribution in [3.63, 3.8) is 0 Å². The Balaban J connectivity index is 0.00000171. The fourth-order valence-corrected chi connectivity index (χ4v) is 4.86. The minimum absolute atomic E-state index is 0. The Labute approximate surface area is 215 Å². The first kappa shape index (κ1) is 29.0. The van der Waals surface area contributed by atoms with E-state index in [1.165, 1.54) is 0 Å². The van der Waals surface area contributed by atoms with E-state index in [0.29, 0.717) is 12.0 Å². The second-order valence-corrected chi connectivity index (χ2v) is 9.36. The summed E-state index contributed by atoms with van der Waals surface area (Å²) in [6.07, 6.45) is 1.25. The molecule has 3 heterocycles. The normalized spacial score (nSPS) is 18.6. The van der Waals surface area contributed by atoms with Gasteiger partial charge in [0.2, 0.25) is 0 Å². The lowest BCUT2D eigenvalue weighted by molar-refractivity contribution is 0.0564. The molecule has 4 rings (SSSR count). The highest BCUT2D eigenvalue weighted by Crippen LogP contribution is 2.39. The third kappa shape index (κ3) is 6.10. The fraction of sp³-hybridized carbons (Fsp3) is 0.545. The Bertz CT molecular complexity index is 908. The van der Waals surface area contributed by atoms with Gasteiger partial charge in [0.1, 0.15) is 10.7 Å². The maximum atomic E-state index is 5.54. The molecule has 2 atom stereocenters. The van der Waals surface area contributed by atoms with Crippen LogP contribution in [0.4, 0.5) is 16.4 Å². The highest BCUT2D eigenvalue weighted by molar-refractivity contribution is 7.59. The minimum atomic E-state index is 0. The molecule has 2 aliphatic rings. The van der Waals surface area contributed by atoms with Crippen LogP contribution in [-0.4, -0.2) is 66.6 Å². The summed E-state index contributed by atoms with van der Waals surface area (Å²) in [5, 5.41) is 5.84. The van der Waals surface area contributed by atoms with Crippen LogP contribution in [0.5, 0.6) is 0 Å². The van der Waals surface area contributed by atoms with Crippen molar-refractivity contribution in [2.45, 2.75) is 45.3 Å². The SMILES string of the molecule is COC(C)C[C@H]1CN(C2=Nc3ccccc3Nc3sc(C(C)C)nc32)CCN1C.Cl.Cl.S. The lowest BCUT2D eigenvalue weighted by Crippen LogP contribution is -2.54. The number of aromatic nitrogens is 1. The number of halogens is 2. The molecule has 2 aromatic rings. The standard InChI is InChI=1S/C22H31N5OS.2ClH.H2S/c1-14(2)21-25-19-20(23-17-8-6-7-9-18(17)24-22(19)29-21)27-11-10-26(4)16(13-27)12-15(3)28-5;;;/h6-9,14-16,24H,10-13H2,1-5H3;2*1H;1H2/t15?,16-;;;/m0.../s1. The van der Waals surface area contributed by atoms with Crippen molar-refractivity contribution in [3.05, 3.63) is 35.0 Å². The molecule has 1 saturated heterocycles. The van der Waals surface area contributed by atoms with Gasteiger partial charge in [-0.15, -0.1) is 36.2 Å². The summed E-state index contributed by atoms with van der Waals surface area (Å²) in [4.78, 5) is 15.0. The number of hydrogen-bond acceptors (Lipinski definition) is 7. The summed E-state index contributed by atoms with van der Waals surface area (Å²) in [5.41, 5.74) is 3.00. The number of amidine groups is 1. The predicted molar refractivity (Wildman–Crippen MR) is 146 cm³/mol. The number of anilines is 2. The summed E-state index contributed by atoms with van der Waals surface area (Å²) in [5.74, 6) is 1.39. The zero-order valence-corrected chi connectivity index (χ0v) is 22.7. The van der Waals surface area contributed by atoms with Crippen LogP contribution in [0.2, 0.25) is 0 Å². The van der Waals surface area contributed by atoms with E-state index < -0.39 is 0 Å². The van der Waals surface area contributed by atoms with Crippen molar-refractivity contribution < 1.29 is 4.74 Å². The van der Waals surface area contributed by atoms with Gasteiger partial charge in [-0.05, 0) is 32.5 Å². The number of nitrogens with zero attached hydrogens (tertiary/aromatic N) is 4. The molecule has 32 heavy (non-hydrogen) atoms. The van der Waals surface area contributed by atoms with E-state index >= 15 is 0 Å². The Morgan fingerprint density at radius 3 is 2.59 bits per heavy atom. The molecule has 6 nitrogen and oxygen atoms in total.